The molecule has 6 aromatic rings. The van der Waals surface area contributed by atoms with Crippen LogP contribution in [0.25, 0.3) is 5.57 Å². The number of aliphatic hydroxyl groups excluding tert-OH is 16. The fraction of sp³-hybridized carbons (Fsp3) is 0.410. The molecule has 22 N–H and O–H groups in total. The first-order chi connectivity index (χ1) is 69.7. The zero-order valence-corrected chi connectivity index (χ0v) is 83.4. The zero-order chi connectivity index (χ0) is 106. The summed E-state index contributed by atoms with van der Waals surface area (Å²) in [6.07, 6.45) is -13.1. The van der Waals surface area contributed by atoms with Gasteiger partial charge >= 0.3 is 0 Å². The average molecular weight is 2110 g/mol. The van der Waals surface area contributed by atoms with Crippen LogP contribution in [0, 0.1) is 12.8 Å². The number of fused-ring (bicyclic) bond motifs is 12. The third kappa shape index (κ3) is 25.2. The largest absolute Gasteiger partial charge is 0.507 e. The van der Waals surface area contributed by atoms with Gasteiger partial charge in [0.15, 0.2) is 77.5 Å². The number of hydrogen-bond donors (Lipinski definition) is 20. The van der Waals surface area contributed by atoms with Crippen LogP contribution in [-0.4, -0.2) is 309 Å². The molecule has 2 saturated heterocycles. The number of carbonyl (C=O) groups excluding carboxylic acids is 3. The van der Waals surface area contributed by atoms with Crippen LogP contribution in [0.3, 0.4) is 0 Å². The molecule has 147 heavy (non-hydrogen) atoms. The first kappa shape index (κ1) is 110. The van der Waals surface area contributed by atoms with Gasteiger partial charge in [0.05, 0.1) is 57.5 Å². The van der Waals surface area contributed by atoms with Crippen LogP contribution in [0.15, 0.2) is 230 Å². The maximum Gasteiger partial charge on any atom is 0.266 e. The van der Waals surface area contributed by atoms with Crippen molar-refractivity contribution >= 4 is 125 Å². The molecule has 0 radical (unpaired) electrons. The number of ketones is 2. The SMILES string of the molecule is CN[C@H](CC(C)C)C(O)=N[C@H]1C(O)=N[C@@H](CC(N)=O)C(O)=N[C@H]2C(O)=N[C@@H]3C4=C/C(=C5/C(O)=CC(=O)C=C5[C@@H](C(O)=NCCCCCCN=C(O)CCCN(C(O)=C5c6ccccc6N(CCCS(=O)(=O)O)c6ccccc65)S(=O)(=O)c5ccc(C)cc5)N=C(O)[C@@H](N=C3O)[C@H](O)c3ccc(c(Cl)c3)Oc3cc2cc(c3O[C@@H]2O[C@H](CO)[C@@H](O)[C@H](O)[C@H]2O[C@H]2C[C@](C)(N)[C@H](O)[C@H](C)O2)Oc2ccc(cc2Cl)[C@H]1O)C(=O)C=C4. The van der Waals surface area contributed by atoms with Crippen LogP contribution in [-0.2, 0) is 48.7 Å². The number of unbranched alkanes of at least 4 members (excludes halogenated alkanes) is 3. The summed E-state index contributed by atoms with van der Waals surface area (Å²) in [6, 6.07) is 14.5. The number of likely N-dealkylation sites (N-methyl/N-ethyl adjacent to an activating group) is 1. The van der Waals surface area contributed by atoms with Gasteiger partial charge in [0.25, 0.3) is 20.1 Å². The summed E-state index contributed by atoms with van der Waals surface area (Å²) in [5.41, 5.74) is 10.9. The summed E-state index contributed by atoms with van der Waals surface area (Å²) in [7, 11) is -7.37. The maximum absolute atomic E-state index is 14.8. The van der Waals surface area contributed by atoms with Gasteiger partial charge in [-0.1, -0.05) is 122 Å². The van der Waals surface area contributed by atoms with Crippen molar-refractivity contribution in [2.45, 2.75) is 213 Å². The molecule has 786 valence electrons. The zero-order valence-electron chi connectivity index (χ0n) is 80.2. The number of benzene rings is 6. The van der Waals surface area contributed by atoms with Gasteiger partial charge in [-0.2, -0.15) is 8.42 Å². The number of halogens is 2. The van der Waals surface area contributed by atoms with E-state index in [1.807, 2.05) is 18.7 Å². The first-order valence-corrected chi connectivity index (χ1v) is 50.9. The Hall–Kier alpha value is -13.1. The second-order valence-electron chi connectivity index (χ2n) is 37.0. The summed E-state index contributed by atoms with van der Waals surface area (Å²) >= 11 is 14.4. The number of allylic oxidation sites excluding steroid dienone is 6. The predicted octanol–water partition coefficient (Wildman–Crippen LogP) is 10.5. The first-order valence-electron chi connectivity index (χ1n) is 47.1. The number of aliphatic imine (C=N–C) groups is 8. The van der Waals surface area contributed by atoms with Crippen LogP contribution in [0.1, 0.15) is 144 Å². The van der Waals surface area contributed by atoms with Gasteiger partial charge in [0.1, 0.15) is 53.8 Å². The molecule has 6 aromatic carbocycles. The molecule has 0 unspecified atom stereocenters. The van der Waals surface area contributed by atoms with Crippen LogP contribution in [0.4, 0.5) is 11.4 Å². The lowest BCUT2D eigenvalue weighted by atomic mass is 9.83. The van der Waals surface area contributed by atoms with Crippen LogP contribution < -0.4 is 35.9 Å². The number of carbonyl (C=O) groups is 3. The van der Waals surface area contributed by atoms with Crippen molar-refractivity contribution in [1.82, 2.24) is 9.62 Å². The highest BCUT2D eigenvalue weighted by atomic mass is 35.5. The number of amides is 1. The van der Waals surface area contributed by atoms with Gasteiger partial charge in [0, 0.05) is 89.9 Å². The number of aliphatic hydroxyl groups is 16. The lowest BCUT2D eigenvalue weighted by molar-refractivity contribution is -0.333. The van der Waals surface area contributed by atoms with Gasteiger partial charge in [-0.15, -0.1) is 0 Å². The van der Waals surface area contributed by atoms with E-state index in [1.54, 1.807) is 67.6 Å². The molecule has 18 atom stereocenters. The van der Waals surface area contributed by atoms with Gasteiger partial charge in [-0.05, 0) is 167 Å². The Bertz CT molecular complexity index is 6670. The Kier molecular flexibility index (Phi) is 34.7. The number of nitrogens with zero attached hydrogens (tertiary/aromatic N) is 10. The molecule has 11 bridgehead atoms. The molecular weight excluding hydrogens is 2000 g/mol. The molecule has 10 aliphatic rings. The van der Waals surface area contributed by atoms with Crippen molar-refractivity contribution in [3.63, 3.8) is 0 Å². The van der Waals surface area contributed by atoms with Crippen molar-refractivity contribution < 1.29 is 146 Å². The minimum absolute atomic E-state index is 0.0166. The van der Waals surface area contributed by atoms with Gasteiger partial charge < -0.3 is 132 Å². The number of primary amides is 1. The highest BCUT2D eigenvalue weighted by Gasteiger charge is 2.52. The molecule has 47 heteroatoms. The van der Waals surface area contributed by atoms with Crippen LogP contribution >= 0.6 is 23.2 Å². The normalized spacial score (nSPS) is 26.5. The number of para-hydroxylation sites is 2. The van der Waals surface area contributed by atoms with E-state index >= 15 is 0 Å². The number of nitrogens with two attached hydrogens (primary N) is 2. The molecule has 0 spiro atoms. The maximum atomic E-state index is 14.8. The second kappa shape index (κ2) is 46.6. The Labute approximate surface area is 854 Å². The fourth-order valence-electron chi connectivity index (χ4n) is 18.0. The average Bonchev–Trinajstić information content (AvgIpc) is 0.743. The lowest BCUT2D eigenvalue weighted by Crippen LogP contribution is -2.64. The van der Waals surface area contributed by atoms with E-state index in [2.05, 4.69) is 45.3 Å². The third-order valence-corrected chi connectivity index (χ3v) is 28.8. The van der Waals surface area contributed by atoms with E-state index in [0.29, 0.717) is 47.8 Å². The smallest absolute Gasteiger partial charge is 0.266 e. The summed E-state index contributed by atoms with van der Waals surface area (Å²) in [5, 5.41) is 197. The van der Waals surface area contributed by atoms with E-state index in [1.165, 1.54) is 51.2 Å². The van der Waals surface area contributed by atoms with E-state index in [9.17, 15) is 117 Å². The molecular formula is C100H115Cl2N13O30S2. The molecule has 0 aromatic heterocycles. The molecule has 16 rings (SSSR count). The predicted molar refractivity (Wildman–Crippen MR) is 544 cm³/mol. The van der Waals surface area contributed by atoms with E-state index in [4.69, 9.17) is 63.1 Å². The number of nitrogens with one attached hydrogen (secondary N) is 1. The van der Waals surface area contributed by atoms with E-state index < -0.39 is 269 Å². The summed E-state index contributed by atoms with van der Waals surface area (Å²) in [4.78, 5) is 78.8. The number of ether oxygens (including phenoxy) is 6. The molecule has 8 heterocycles. The van der Waals surface area contributed by atoms with Gasteiger partial charge in [-0.25, -0.2) is 42.7 Å². The molecule has 2 fully saturated rings. The quantitative estimate of drug-likeness (QED) is 0.00632. The molecule has 0 saturated carbocycles. The second-order valence-corrected chi connectivity index (χ2v) is 41.2. The van der Waals surface area contributed by atoms with Crippen molar-refractivity contribution in [2.24, 2.45) is 57.3 Å². The summed E-state index contributed by atoms with van der Waals surface area (Å²) in [6.45, 7) is 7.04. The fourth-order valence-corrected chi connectivity index (χ4v) is 20.4. The van der Waals surface area contributed by atoms with Gasteiger partial charge in [0.2, 0.25) is 59.2 Å². The van der Waals surface area contributed by atoms with Gasteiger partial charge in [-0.3, -0.25) is 28.9 Å². The van der Waals surface area contributed by atoms with Crippen molar-refractivity contribution in [3.8, 4) is 28.7 Å². The van der Waals surface area contributed by atoms with Crippen LogP contribution in [0.2, 0.25) is 10.0 Å². The van der Waals surface area contributed by atoms with Crippen LogP contribution in [0.5, 0.6) is 28.7 Å². The van der Waals surface area contributed by atoms with E-state index in [-0.39, 0.29) is 114 Å². The Morgan fingerprint density at radius 2 is 1.31 bits per heavy atom. The topological polar surface area (TPSA) is 688 Å². The Balaban J connectivity index is 0.820. The highest BCUT2D eigenvalue weighted by Crippen LogP contribution is 2.52. The summed E-state index contributed by atoms with van der Waals surface area (Å²) in [5.74, 6) is -16.5. The number of aryl methyl sites for hydroxylation is 1. The standard InChI is InChI=1S/C100H115Cl2N13O30S2/c1-48(2)37-63(105-6)91(127)112-82-84(122)52-25-30-69(61(101)39-52)141-71-41-54-42-72(88(71)145-99-89(87(125)86(124)73(47-116)143-99)144-76-46-100(5,104)90(126)50(4)140-76)142-70-31-26-53(40-62(70)102)85(123)83-97(133)111-81(60-43-55(117)44-68(119)77(60)59-38-51(24-29-67(59)118)79(94(130)113-83)110-95(131)80(54)109-92(128)64(45-74(103)120)108-96(82)132)93(129)107-33-14-8-7-13-32-106-75(121)21-15-35-115(147(138,139)56-27-22-49(3)23-28-56)98(134)78-57-17-9-11-19-65(57)114(34-16-36-146(135,136)137)66-20-12-10-18-58(66)78/h9-12,17-20,22-31,38-44,48,50,63-64,73,76,79-87,89-90,99,105,116,119,122-126,134H,7-8,13-16,21,32-37,45-47,104H2,1-6H3,(H2,103,120)(H,106,121)(H,107,129)(H,108,132)(H,109,128)(H,110,131)(H,111,133)(H,112,127)(H,113,130)(H,135,136,137)/b77-59-/t50-,63+,64-,73+,76-,79+,80+,81-,82+,83-,84+,85+,86+,87-,89+,90+,99-,100-/m0/s1. The highest BCUT2D eigenvalue weighted by molar-refractivity contribution is 7.89. The molecule has 8 aliphatic heterocycles. The molecule has 1 amide bonds. The molecule has 2 aliphatic carbocycles. The molecule has 43 nitrogen and oxygen atoms in total. The Morgan fingerprint density at radius 1 is 0.694 bits per heavy atom. The minimum atomic E-state index is -4.54. The monoisotopic (exact) mass is 2110 g/mol. The Morgan fingerprint density at radius 3 is 1.90 bits per heavy atom. The number of hydrogen-bond acceptors (Lipinski definition) is 32. The lowest BCUT2D eigenvalue weighted by Gasteiger charge is -2.47. The number of rotatable bonds is 31. The van der Waals surface area contributed by atoms with Crippen molar-refractivity contribution in [2.75, 3.05) is 50.5 Å². The van der Waals surface area contributed by atoms with E-state index in [0.717, 1.165) is 64.5 Å². The minimum Gasteiger partial charge on any atom is -0.507 e. The van der Waals surface area contributed by atoms with Crippen molar-refractivity contribution in [1.29, 1.82) is 0 Å². The number of anilines is 2. The van der Waals surface area contributed by atoms with Crippen molar-refractivity contribution in [3.05, 3.63) is 229 Å². The third-order valence-electron chi connectivity index (χ3n) is 25.6. The summed E-state index contributed by atoms with van der Waals surface area (Å²) < 4.78 is 103. The number of sulfonamides is 1.